The van der Waals surface area contributed by atoms with Crippen molar-refractivity contribution < 1.29 is 0 Å². The first kappa shape index (κ1) is 14.9. The normalized spacial score (nSPS) is 11.3. The van der Waals surface area contributed by atoms with Gasteiger partial charge in [0.2, 0.25) is 0 Å². The molecule has 0 atom stereocenters. The summed E-state index contributed by atoms with van der Waals surface area (Å²) < 4.78 is 0. The van der Waals surface area contributed by atoms with Crippen molar-refractivity contribution in [2.75, 3.05) is 0 Å². The molecule has 112 valence electrons. The molecule has 0 aliphatic heterocycles. The zero-order valence-electron chi connectivity index (χ0n) is 13.1. The SMILES string of the molecule is Cc1nc(/C=C\c2ccccc2)cc(/C=C/c2ccccc2)n1. The van der Waals surface area contributed by atoms with Crippen molar-refractivity contribution in [3.05, 3.63) is 95.1 Å². The van der Waals surface area contributed by atoms with Gasteiger partial charge in [-0.25, -0.2) is 9.97 Å². The maximum Gasteiger partial charge on any atom is 0.126 e. The van der Waals surface area contributed by atoms with Gasteiger partial charge in [0.15, 0.2) is 0 Å². The van der Waals surface area contributed by atoms with E-state index in [4.69, 9.17) is 0 Å². The minimum absolute atomic E-state index is 0.771. The number of rotatable bonds is 4. The molecule has 0 aliphatic carbocycles. The number of nitrogens with zero attached hydrogens (tertiary/aromatic N) is 2. The van der Waals surface area contributed by atoms with Crippen LogP contribution in [-0.2, 0) is 0 Å². The van der Waals surface area contributed by atoms with Gasteiger partial charge < -0.3 is 0 Å². The van der Waals surface area contributed by atoms with E-state index in [1.165, 1.54) is 0 Å². The first-order valence-corrected chi connectivity index (χ1v) is 7.61. The molecule has 0 unspecified atom stereocenters. The third kappa shape index (κ3) is 4.48. The van der Waals surface area contributed by atoms with Crippen LogP contribution in [0, 0.1) is 6.92 Å². The van der Waals surface area contributed by atoms with Gasteiger partial charge >= 0.3 is 0 Å². The molecule has 1 heterocycles. The van der Waals surface area contributed by atoms with E-state index < -0.39 is 0 Å². The summed E-state index contributed by atoms with van der Waals surface area (Å²) in [5.74, 6) is 0.771. The van der Waals surface area contributed by atoms with Crippen LogP contribution >= 0.6 is 0 Å². The molecule has 0 saturated carbocycles. The fourth-order valence-electron chi connectivity index (χ4n) is 2.28. The molecule has 0 bridgehead atoms. The van der Waals surface area contributed by atoms with E-state index in [9.17, 15) is 0 Å². The smallest absolute Gasteiger partial charge is 0.126 e. The Balaban J connectivity index is 1.82. The second-order valence-corrected chi connectivity index (χ2v) is 5.25. The van der Waals surface area contributed by atoms with Crippen molar-refractivity contribution in [2.45, 2.75) is 6.92 Å². The molecule has 3 aromatic rings. The second kappa shape index (κ2) is 7.32. The lowest BCUT2D eigenvalue weighted by Crippen LogP contribution is -1.93. The standard InChI is InChI=1S/C21H18N2/c1-17-22-20(14-12-18-8-4-2-5-9-18)16-21(23-17)15-13-19-10-6-3-7-11-19/h2-16H,1H3/b14-12-,15-13+. The van der Waals surface area contributed by atoms with Crippen molar-refractivity contribution in [2.24, 2.45) is 0 Å². The Hall–Kier alpha value is -3.00. The number of aryl methyl sites for hydroxylation is 1. The lowest BCUT2D eigenvalue weighted by atomic mass is 10.1. The molecule has 3 rings (SSSR count). The zero-order chi connectivity index (χ0) is 15.9. The molecule has 2 heteroatoms. The van der Waals surface area contributed by atoms with E-state index in [1.54, 1.807) is 0 Å². The Kier molecular flexibility index (Phi) is 4.75. The van der Waals surface area contributed by atoms with Crippen LogP contribution in [0.4, 0.5) is 0 Å². The maximum absolute atomic E-state index is 4.47. The molecule has 0 radical (unpaired) electrons. The molecule has 0 spiro atoms. The van der Waals surface area contributed by atoms with Crippen LogP contribution < -0.4 is 0 Å². The van der Waals surface area contributed by atoms with Gasteiger partial charge in [-0.15, -0.1) is 0 Å². The Labute approximate surface area is 136 Å². The fourth-order valence-corrected chi connectivity index (χ4v) is 2.28. The molecule has 2 aromatic carbocycles. The third-order valence-electron chi connectivity index (χ3n) is 3.37. The quantitative estimate of drug-likeness (QED) is 0.667. The van der Waals surface area contributed by atoms with Crippen LogP contribution in [0.25, 0.3) is 24.3 Å². The Morgan fingerprint density at radius 2 is 1.04 bits per heavy atom. The van der Waals surface area contributed by atoms with E-state index in [0.29, 0.717) is 0 Å². The van der Waals surface area contributed by atoms with Gasteiger partial charge in [0, 0.05) is 0 Å². The molecule has 0 aliphatic rings. The van der Waals surface area contributed by atoms with Gasteiger partial charge in [-0.05, 0) is 36.3 Å². The molecule has 0 fully saturated rings. The Morgan fingerprint density at radius 1 is 0.609 bits per heavy atom. The van der Waals surface area contributed by atoms with Crippen LogP contribution in [0.3, 0.4) is 0 Å². The summed E-state index contributed by atoms with van der Waals surface area (Å²) >= 11 is 0. The summed E-state index contributed by atoms with van der Waals surface area (Å²) in [6.45, 7) is 1.92. The molecule has 2 nitrogen and oxygen atoms in total. The molecular weight excluding hydrogens is 280 g/mol. The molecule has 0 amide bonds. The highest BCUT2D eigenvalue weighted by molar-refractivity contribution is 5.71. The average molecular weight is 298 g/mol. The van der Waals surface area contributed by atoms with E-state index >= 15 is 0 Å². The van der Waals surface area contributed by atoms with E-state index in [2.05, 4.69) is 46.4 Å². The molecule has 0 saturated heterocycles. The fraction of sp³-hybridized carbons (Fsp3) is 0.0476. The summed E-state index contributed by atoms with van der Waals surface area (Å²) in [7, 11) is 0. The monoisotopic (exact) mass is 298 g/mol. The van der Waals surface area contributed by atoms with Crippen molar-refractivity contribution in [3.8, 4) is 0 Å². The number of hydrogen-bond acceptors (Lipinski definition) is 2. The van der Waals surface area contributed by atoms with Crippen LogP contribution in [0.15, 0.2) is 66.7 Å². The summed E-state index contributed by atoms with van der Waals surface area (Å²) in [5, 5.41) is 0. The largest absolute Gasteiger partial charge is 0.234 e. The predicted molar refractivity (Wildman–Crippen MR) is 97.5 cm³/mol. The summed E-state index contributed by atoms with van der Waals surface area (Å²) in [4.78, 5) is 8.94. The minimum Gasteiger partial charge on any atom is -0.234 e. The van der Waals surface area contributed by atoms with Gasteiger partial charge in [-0.1, -0.05) is 72.8 Å². The lowest BCUT2D eigenvalue weighted by molar-refractivity contribution is 1.03. The van der Waals surface area contributed by atoms with Crippen molar-refractivity contribution >= 4 is 24.3 Å². The predicted octanol–water partition coefficient (Wildman–Crippen LogP) is 5.13. The van der Waals surface area contributed by atoms with Crippen LogP contribution in [-0.4, -0.2) is 9.97 Å². The van der Waals surface area contributed by atoms with Gasteiger partial charge in [0.1, 0.15) is 5.82 Å². The van der Waals surface area contributed by atoms with Crippen LogP contribution in [0.5, 0.6) is 0 Å². The van der Waals surface area contributed by atoms with Crippen LogP contribution in [0.1, 0.15) is 28.3 Å². The van der Waals surface area contributed by atoms with Crippen molar-refractivity contribution in [1.82, 2.24) is 9.97 Å². The summed E-state index contributed by atoms with van der Waals surface area (Å²) in [6.07, 6.45) is 8.16. The van der Waals surface area contributed by atoms with E-state index in [1.807, 2.05) is 61.5 Å². The van der Waals surface area contributed by atoms with Gasteiger partial charge in [-0.3, -0.25) is 0 Å². The molecule has 23 heavy (non-hydrogen) atoms. The first-order chi connectivity index (χ1) is 11.3. The molecular formula is C21H18N2. The van der Waals surface area contributed by atoms with Gasteiger partial charge in [-0.2, -0.15) is 0 Å². The third-order valence-corrected chi connectivity index (χ3v) is 3.37. The maximum atomic E-state index is 4.47. The number of hydrogen-bond donors (Lipinski definition) is 0. The molecule has 0 N–H and O–H groups in total. The second-order valence-electron chi connectivity index (χ2n) is 5.25. The lowest BCUT2D eigenvalue weighted by Gasteiger charge is -2.00. The highest BCUT2D eigenvalue weighted by Crippen LogP contribution is 2.11. The van der Waals surface area contributed by atoms with Gasteiger partial charge in [0.05, 0.1) is 11.4 Å². The molecule has 1 aromatic heterocycles. The number of aromatic nitrogens is 2. The topological polar surface area (TPSA) is 25.8 Å². The highest BCUT2D eigenvalue weighted by atomic mass is 14.9. The zero-order valence-corrected chi connectivity index (χ0v) is 13.1. The minimum atomic E-state index is 0.771. The first-order valence-electron chi connectivity index (χ1n) is 7.61. The van der Waals surface area contributed by atoms with E-state index in [-0.39, 0.29) is 0 Å². The van der Waals surface area contributed by atoms with Crippen LogP contribution in [0.2, 0.25) is 0 Å². The average Bonchev–Trinajstić information content (AvgIpc) is 2.60. The summed E-state index contributed by atoms with van der Waals surface area (Å²) in [5.41, 5.74) is 4.14. The van der Waals surface area contributed by atoms with Crippen molar-refractivity contribution in [1.29, 1.82) is 0 Å². The van der Waals surface area contributed by atoms with Crippen molar-refractivity contribution in [3.63, 3.8) is 0 Å². The summed E-state index contributed by atoms with van der Waals surface area (Å²) in [6, 6.07) is 22.4. The number of benzene rings is 2. The highest BCUT2D eigenvalue weighted by Gasteiger charge is 1.97. The van der Waals surface area contributed by atoms with E-state index in [0.717, 1.165) is 28.3 Å². The van der Waals surface area contributed by atoms with Gasteiger partial charge in [0.25, 0.3) is 0 Å². The Bertz CT molecular complexity index is 751. The Morgan fingerprint density at radius 3 is 1.48 bits per heavy atom.